The number of methoxy groups -OCH3 is 2. The molecule has 0 aliphatic heterocycles. The zero-order valence-corrected chi connectivity index (χ0v) is 43.0. The van der Waals surface area contributed by atoms with Crippen molar-refractivity contribution in [2.75, 3.05) is 62.2 Å². The zero-order chi connectivity index (χ0) is 48.1. The van der Waals surface area contributed by atoms with E-state index in [2.05, 4.69) is 31.9 Å². The molecule has 0 aliphatic rings. The first kappa shape index (κ1) is 50.9. The van der Waals surface area contributed by atoms with E-state index in [1.165, 1.54) is 37.4 Å². The minimum Gasteiger partial charge on any atom is -0.504 e. The van der Waals surface area contributed by atoms with E-state index >= 15 is 0 Å². The van der Waals surface area contributed by atoms with Gasteiger partial charge >= 0.3 is 0 Å². The van der Waals surface area contributed by atoms with Crippen LogP contribution in [0.15, 0.2) is 144 Å². The molecule has 0 saturated heterocycles. The van der Waals surface area contributed by atoms with Crippen LogP contribution in [0.3, 0.4) is 0 Å². The van der Waals surface area contributed by atoms with Crippen LogP contribution in [0.25, 0.3) is 0 Å². The van der Waals surface area contributed by atoms with Crippen LogP contribution in [0.5, 0.6) is 17.2 Å². The lowest BCUT2D eigenvalue weighted by atomic mass is 10.0. The van der Waals surface area contributed by atoms with Gasteiger partial charge in [-0.2, -0.15) is 0 Å². The van der Waals surface area contributed by atoms with Gasteiger partial charge in [0, 0.05) is 69.9 Å². The first-order valence-corrected chi connectivity index (χ1v) is 24.0. The van der Waals surface area contributed by atoms with Crippen LogP contribution in [-0.2, 0) is 0 Å². The Kier molecular flexibility index (Phi) is 18.4. The fraction of sp³-hybridized carbons (Fsp3) is 0.163. The van der Waals surface area contributed by atoms with Crippen molar-refractivity contribution in [2.24, 2.45) is 9.98 Å². The summed E-state index contributed by atoms with van der Waals surface area (Å²) in [5.41, 5.74) is 12.6. The summed E-state index contributed by atoms with van der Waals surface area (Å²) in [7, 11) is 13.3. The quantitative estimate of drug-likeness (QED) is 0.122. The molecule has 3 heterocycles. The largest absolute Gasteiger partial charge is 0.504 e. The molecule has 3 N–H and O–H groups in total. The van der Waals surface area contributed by atoms with E-state index in [0.717, 1.165) is 48.8 Å². The number of ether oxygens (including phenoxy) is 2. The normalized spacial score (nSPS) is 10.3. The number of halogens is 2. The summed E-state index contributed by atoms with van der Waals surface area (Å²) >= 11 is 10.5. The van der Waals surface area contributed by atoms with E-state index in [1.807, 2.05) is 127 Å². The summed E-state index contributed by atoms with van der Waals surface area (Å²) in [5, 5.41) is 11.3. The Labute approximate surface area is 413 Å². The van der Waals surface area contributed by atoms with E-state index in [4.69, 9.17) is 25.2 Å². The second kappa shape index (κ2) is 23.9. The lowest BCUT2D eigenvalue weighted by Crippen LogP contribution is -2.21. The number of nitrogens with zero attached hydrogens (tertiary/aromatic N) is 5. The molecule has 17 heteroatoms. The van der Waals surface area contributed by atoms with Crippen molar-refractivity contribution in [1.29, 1.82) is 0 Å². The van der Waals surface area contributed by atoms with Crippen LogP contribution in [0.2, 0.25) is 0 Å². The Morgan fingerprint density at radius 1 is 0.545 bits per heavy atom. The van der Waals surface area contributed by atoms with Crippen LogP contribution in [-0.4, -0.2) is 105 Å². The first-order valence-electron chi connectivity index (χ1n) is 19.9. The van der Waals surface area contributed by atoms with Crippen LogP contribution in [0.1, 0.15) is 51.3 Å². The van der Waals surface area contributed by atoms with E-state index in [1.54, 1.807) is 56.5 Å². The van der Waals surface area contributed by atoms with Gasteiger partial charge in [0.15, 0.2) is 17.2 Å². The molecule has 7 rings (SSSR count). The zero-order valence-electron chi connectivity index (χ0n) is 37.4. The molecular weight excluding hydrogens is 1020 g/mol. The third-order valence-corrected chi connectivity index (χ3v) is 13.9. The van der Waals surface area contributed by atoms with Gasteiger partial charge in [0.2, 0.25) is 0 Å². The number of carbonyl (C=O) groups excluding carboxylic acids is 3. The van der Waals surface area contributed by atoms with Gasteiger partial charge < -0.3 is 35.0 Å². The molecule has 66 heavy (non-hydrogen) atoms. The third kappa shape index (κ3) is 12.4. The number of amides is 3. The van der Waals surface area contributed by atoms with Gasteiger partial charge in [-0.15, -0.1) is 34.0 Å². The average Bonchev–Trinajstić information content (AvgIpc) is 3.98. The molecule has 0 spiro atoms. The van der Waals surface area contributed by atoms with Crippen LogP contribution in [0.4, 0.5) is 17.1 Å². The number of benzene rings is 4. The molecule has 7 aromatic rings. The summed E-state index contributed by atoms with van der Waals surface area (Å²) < 4.78 is 12.4. The van der Waals surface area contributed by atoms with Crippen LogP contribution < -0.4 is 15.2 Å². The predicted octanol–water partition coefficient (Wildman–Crippen LogP) is 11.5. The smallest absolute Gasteiger partial charge is 0.267 e. The van der Waals surface area contributed by atoms with Crippen molar-refractivity contribution < 1.29 is 29.0 Å². The summed E-state index contributed by atoms with van der Waals surface area (Å²) in [6, 6.07) is 39.9. The monoisotopic (exact) mass is 1070 g/mol. The maximum atomic E-state index is 12.5. The van der Waals surface area contributed by atoms with Gasteiger partial charge in [-0.1, -0.05) is 121 Å². The fourth-order valence-corrected chi connectivity index (χ4v) is 10.2. The Balaban J connectivity index is 0.000000197. The number of thiophene rings is 3. The standard InChI is InChI=1S/C21H19BrN2O2S.C21H20N2O2S.C7H9BrN2O2S/c1-24(2)21(25)19-18(26-3)17(20(22)27-19)23-16(14-10-6-4-7-11-14)15-12-8-5-9-13-15;1-23(2)21(24)20-19(25-3)17(14-26-20)22-18(15-10-6-4-7-11-15)16-12-8-5-9-13-16;1-10(2)7(12)5-4(11)3(9)6(8)13-5/h4-13H,1-3H3;4-14H,1-3H3;11H,9H2,1-2H3. The lowest BCUT2D eigenvalue weighted by Gasteiger charge is -2.11. The van der Waals surface area contributed by atoms with Crippen LogP contribution in [0, 0.1) is 0 Å². The summed E-state index contributed by atoms with van der Waals surface area (Å²) in [4.78, 5) is 51.9. The van der Waals surface area contributed by atoms with Gasteiger partial charge in [0.25, 0.3) is 17.7 Å². The first-order chi connectivity index (χ1) is 31.6. The number of anilines is 1. The van der Waals surface area contributed by atoms with E-state index in [9.17, 15) is 19.5 Å². The lowest BCUT2D eigenvalue weighted by molar-refractivity contribution is 0.0822. The second-order valence-electron chi connectivity index (χ2n) is 14.5. The summed E-state index contributed by atoms with van der Waals surface area (Å²) in [6.45, 7) is 0. The number of aromatic hydroxyl groups is 1. The minimum atomic E-state index is -0.250. The molecule has 0 radical (unpaired) electrons. The highest BCUT2D eigenvalue weighted by atomic mass is 79.9. The highest BCUT2D eigenvalue weighted by Crippen LogP contribution is 2.47. The Morgan fingerprint density at radius 3 is 1.27 bits per heavy atom. The summed E-state index contributed by atoms with van der Waals surface area (Å²) in [5.74, 6) is 0.401. The van der Waals surface area contributed by atoms with E-state index < -0.39 is 0 Å². The van der Waals surface area contributed by atoms with E-state index in [-0.39, 0.29) is 34.0 Å². The van der Waals surface area contributed by atoms with Crippen molar-refractivity contribution >= 4 is 112 Å². The molecule has 0 aliphatic carbocycles. The molecular formula is C49H48Br2N6O6S3. The van der Waals surface area contributed by atoms with Crippen molar-refractivity contribution in [3.05, 3.63) is 171 Å². The highest BCUT2D eigenvalue weighted by Gasteiger charge is 2.26. The molecule has 4 aromatic carbocycles. The molecule has 0 unspecified atom stereocenters. The second-order valence-corrected chi connectivity index (χ2v) is 20.1. The van der Waals surface area contributed by atoms with Gasteiger partial charge in [-0.3, -0.25) is 14.4 Å². The average molecular weight is 1070 g/mol. The number of hydrogen-bond donors (Lipinski definition) is 2. The van der Waals surface area contributed by atoms with Crippen molar-refractivity contribution in [3.8, 4) is 17.2 Å². The molecule has 0 atom stereocenters. The number of aliphatic imine (C=N–C) groups is 2. The molecule has 3 aromatic heterocycles. The third-order valence-electron chi connectivity index (χ3n) is 9.25. The SMILES string of the molecule is CN(C)C(=O)c1sc(Br)c(N)c1O.COc1c(C(=O)N(C)C)sc(Br)c1N=C(c1ccccc1)c1ccccc1.COc1c(N=C(c2ccccc2)c2ccccc2)csc1C(=O)N(C)C. The molecule has 0 bridgehead atoms. The van der Waals surface area contributed by atoms with Gasteiger partial charge in [0.1, 0.15) is 35.5 Å². The molecule has 0 saturated carbocycles. The number of carbonyl (C=O) groups is 3. The Bertz CT molecular complexity index is 2730. The van der Waals surface area contributed by atoms with Gasteiger partial charge in [0.05, 0.1) is 29.4 Å². The predicted molar refractivity (Wildman–Crippen MR) is 278 cm³/mol. The Hall–Kier alpha value is -6.11. The fourth-order valence-electron chi connectivity index (χ4n) is 5.94. The van der Waals surface area contributed by atoms with Crippen LogP contribution >= 0.6 is 65.9 Å². The molecule has 0 fully saturated rings. The molecule has 12 nitrogen and oxygen atoms in total. The van der Waals surface area contributed by atoms with E-state index in [0.29, 0.717) is 36.4 Å². The molecule has 342 valence electrons. The topological polar surface area (TPSA) is 150 Å². The van der Waals surface area contributed by atoms with Gasteiger partial charge in [-0.25, -0.2) is 9.98 Å². The van der Waals surface area contributed by atoms with Crippen molar-refractivity contribution in [1.82, 2.24) is 14.7 Å². The Morgan fingerprint density at radius 2 is 0.909 bits per heavy atom. The van der Waals surface area contributed by atoms with Crippen molar-refractivity contribution in [2.45, 2.75) is 0 Å². The maximum Gasteiger partial charge on any atom is 0.267 e. The number of hydrogen-bond acceptors (Lipinski definition) is 12. The number of nitrogen functional groups attached to an aromatic ring is 1. The maximum absolute atomic E-state index is 12.5. The highest BCUT2D eigenvalue weighted by molar-refractivity contribution is 9.11. The molecule has 3 amide bonds. The minimum absolute atomic E-state index is 0.0886. The number of rotatable bonds is 11. The number of nitrogens with two attached hydrogens (primary N) is 1. The summed E-state index contributed by atoms with van der Waals surface area (Å²) in [6.07, 6.45) is 0. The van der Waals surface area contributed by atoms with Gasteiger partial charge in [-0.05, 0) is 31.9 Å². The van der Waals surface area contributed by atoms with Crippen molar-refractivity contribution in [3.63, 3.8) is 0 Å².